The molecule has 0 fully saturated rings. The quantitative estimate of drug-likeness (QED) is 0.324. The van der Waals surface area contributed by atoms with Gasteiger partial charge in [-0.25, -0.2) is 5.43 Å². The molecule has 0 bridgehead atoms. The third-order valence-corrected chi connectivity index (χ3v) is 5.36. The maximum atomic E-state index is 12.3. The monoisotopic (exact) mass is 454 g/mol. The Morgan fingerprint density at radius 2 is 1.88 bits per heavy atom. The predicted octanol–water partition coefficient (Wildman–Crippen LogP) is 4.05. The third kappa shape index (κ3) is 4.69. The van der Waals surface area contributed by atoms with Crippen LogP contribution in [0.5, 0.6) is 17.2 Å². The number of fused-ring (bicyclic) bond motifs is 1. The number of rotatable bonds is 7. The number of benzene rings is 3. The summed E-state index contributed by atoms with van der Waals surface area (Å²) in [4.78, 5) is 12.3. The average molecular weight is 454 g/mol. The van der Waals surface area contributed by atoms with Gasteiger partial charge < -0.3 is 19.1 Å². The fourth-order valence-electron chi connectivity index (χ4n) is 3.64. The summed E-state index contributed by atoms with van der Waals surface area (Å²) in [7, 11) is 3.25. The van der Waals surface area contributed by atoms with Gasteiger partial charge in [-0.15, -0.1) is 0 Å². The molecule has 0 unspecified atom stereocenters. The number of hydrogen-bond donors (Lipinski definition) is 2. The minimum absolute atomic E-state index is 0.0244. The van der Waals surface area contributed by atoms with Crippen molar-refractivity contribution < 1.29 is 19.4 Å². The van der Waals surface area contributed by atoms with E-state index in [9.17, 15) is 9.90 Å². The maximum Gasteiger partial charge on any atom is 0.271 e. The van der Waals surface area contributed by atoms with Crippen LogP contribution in [0.2, 0.25) is 0 Å². The van der Waals surface area contributed by atoms with Crippen molar-refractivity contribution in [3.63, 3.8) is 0 Å². The van der Waals surface area contributed by atoms with Gasteiger partial charge in [0.05, 0.1) is 26.0 Å². The SMILES string of the molecule is COc1cc(Cn2ccc3c(/C=N/NC(=O)c4ccc(O)c(C#N)c4)cccc32)cc(OC)c1. The van der Waals surface area contributed by atoms with E-state index in [1.54, 1.807) is 20.4 Å². The first kappa shape index (κ1) is 22.4. The average Bonchev–Trinajstić information content (AvgIpc) is 3.27. The van der Waals surface area contributed by atoms with E-state index >= 15 is 0 Å². The summed E-state index contributed by atoms with van der Waals surface area (Å²) in [6.45, 7) is 0.621. The predicted molar refractivity (Wildman–Crippen MR) is 128 cm³/mol. The summed E-state index contributed by atoms with van der Waals surface area (Å²) in [5.74, 6) is 0.797. The molecule has 0 aliphatic rings. The molecule has 4 rings (SSSR count). The molecule has 1 aromatic heterocycles. The highest BCUT2D eigenvalue weighted by Gasteiger charge is 2.10. The number of ether oxygens (including phenoxy) is 2. The standard InChI is InChI=1S/C26H22N4O4/c1-33-21-10-17(11-22(13-21)34-2)16-30-9-8-23-19(4-3-5-24(23)30)15-28-29-26(32)18-6-7-25(31)20(12-18)14-27/h3-13,15,31H,16H2,1-2H3,(H,29,32)/b28-15+. The zero-order valence-electron chi connectivity index (χ0n) is 18.6. The number of amides is 1. The van der Waals surface area contributed by atoms with Crippen molar-refractivity contribution in [2.75, 3.05) is 14.2 Å². The zero-order valence-corrected chi connectivity index (χ0v) is 18.6. The molecule has 0 aliphatic heterocycles. The zero-order chi connectivity index (χ0) is 24.1. The number of hydrazone groups is 1. The molecule has 1 amide bonds. The Morgan fingerprint density at radius 1 is 1.12 bits per heavy atom. The molecular weight excluding hydrogens is 432 g/mol. The fourth-order valence-corrected chi connectivity index (χ4v) is 3.64. The normalized spacial score (nSPS) is 10.9. The van der Waals surface area contributed by atoms with Gasteiger partial charge in [0, 0.05) is 40.8 Å². The van der Waals surface area contributed by atoms with Gasteiger partial charge in [0.25, 0.3) is 5.91 Å². The summed E-state index contributed by atoms with van der Waals surface area (Å²) >= 11 is 0. The molecular formula is C26H22N4O4. The lowest BCUT2D eigenvalue weighted by Crippen LogP contribution is -2.17. The van der Waals surface area contributed by atoms with Gasteiger partial charge in [0.2, 0.25) is 0 Å². The smallest absolute Gasteiger partial charge is 0.271 e. The van der Waals surface area contributed by atoms with Crippen molar-refractivity contribution in [3.8, 4) is 23.3 Å². The van der Waals surface area contributed by atoms with Crippen molar-refractivity contribution in [1.82, 2.24) is 9.99 Å². The van der Waals surface area contributed by atoms with Gasteiger partial charge in [0.1, 0.15) is 23.3 Å². The second-order valence-corrected chi connectivity index (χ2v) is 7.49. The van der Waals surface area contributed by atoms with Crippen LogP contribution in [0.25, 0.3) is 10.9 Å². The first-order valence-electron chi connectivity index (χ1n) is 10.4. The highest BCUT2D eigenvalue weighted by molar-refractivity contribution is 6.00. The third-order valence-electron chi connectivity index (χ3n) is 5.36. The van der Waals surface area contributed by atoms with Crippen LogP contribution in [0.4, 0.5) is 0 Å². The number of nitriles is 1. The summed E-state index contributed by atoms with van der Waals surface area (Å²) in [6, 6.07) is 19.5. The van der Waals surface area contributed by atoms with E-state index in [4.69, 9.17) is 14.7 Å². The number of aromatic hydroxyl groups is 1. The summed E-state index contributed by atoms with van der Waals surface area (Å²) < 4.78 is 12.8. The lowest BCUT2D eigenvalue weighted by molar-refractivity contribution is 0.0955. The van der Waals surface area contributed by atoms with Crippen LogP contribution < -0.4 is 14.9 Å². The van der Waals surface area contributed by atoms with E-state index in [2.05, 4.69) is 15.1 Å². The molecule has 34 heavy (non-hydrogen) atoms. The Bertz CT molecular complexity index is 1410. The Kier molecular flexibility index (Phi) is 6.46. The van der Waals surface area contributed by atoms with E-state index in [0.29, 0.717) is 6.54 Å². The van der Waals surface area contributed by atoms with E-state index in [0.717, 1.165) is 33.5 Å². The Labute approximate surface area is 196 Å². The van der Waals surface area contributed by atoms with Crippen molar-refractivity contribution in [2.45, 2.75) is 6.54 Å². The molecule has 0 saturated carbocycles. The lowest BCUT2D eigenvalue weighted by atomic mass is 10.1. The molecule has 3 aromatic carbocycles. The molecule has 8 heteroatoms. The van der Waals surface area contributed by atoms with Crippen molar-refractivity contribution in [2.24, 2.45) is 5.10 Å². The summed E-state index contributed by atoms with van der Waals surface area (Å²) in [5.41, 5.74) is 5.59. The second kappa shape index (κ2) is 9.79. The Hall–Kier alpha value is -4.77. The van der Waals surface area contributed by atoms with Gasteiger partial charge >= 0.3 is 0 Å². The van der Waals surface area contributed by atoms with Crippen LogP contribution in [0.1, 0.15) is 27.0 Å². The van der Waals surface area contributed by atoms with Crippen LogP contribution in [-0.4, -0.2) is 36.0 Å². The first-order valence-corrected chi connectivity index (χ1v) is 10.4. The number of aromatic nitrogens is 1. The van der Waals surface area contributed by atoms with Gasteiger partial charge in [-0.2, -0.15) is 10.4 Å². The maximum absolute atomic E-state index is 12.3. The largest absolute Gasteiger partial charge is 0.507 e. The summed E-state index contributed by atoms with van der Waals surface area (Å²) in [6.07, 6.45) is 3.57. The topological polar surface area (TPSA) is 109 Å². The van der Waals surface area contributed by atoms with Gasteiger partial charge in [-0.05, 0) is 48.0 Å². The van der Waals surface area contributed by atoms with Crippen LogP contribution in [0.3, 0.4) is 0 Å². The Balaban J connectivity index is 1.54. The van der Waals surface area contributed by atoms with Crippen molar-refractivity contribution in [1.29, 1.82) is 5.26 Å². The highest BCUT2D eigenvalue weighted by atomic mass is 16.5. The van der Waals surface area contributed by atoms with E-state index in [-0.39, 0.29) is 16.9 Å². The molecule has 170 valence electrons. The van der Waals surface area contributed by atoms with Crippen molar-refractivity contribution in [3.05, 3.63) is 89.1 Å². The minimum Gasteiger partial charge on any atom is -0.507 e. The van der Waals surface area contributed by atoms with Gasteiger partial charge in [-0.1, -0.05) is 12.1 Å². The number of nitrogens with one attached hydrogen (secondary N) is 1. The van der Waals surface area contributed by atoms with Crippen LogP contribution >= 0.6 is 0 Å². The van der Waals surface area contributed by atoms with Crippen LogP contribution in [0.15, 0.2) is 72.0 Å². The van der Waals surface area contributed by atoms with E-state index < -0.39 is 5.91 Å². The number of phenolic OH excluding ortho intramolecular Hbond substituents is 1. The molecule has 0 atom stereocenters. The van der Waals surface area contributed by atoms with Crippen LogP contribution in [-0.2, 0) is 6.54 Å². The second-order valence-electron chi connectivity index (χ2n) is 7.49. The molecule has 4 aromatic rings. The number of hydrogen-bond acceptors (Lipinski definition) is 6. The number of carbonyl (C=O) groups excluding carboxylic acids is 1. The number of phenols is 1. The molecule has 0 aliphatic carbocycles. The lowest BCUT2D eigenvalue weighted by Gasteiger charge is -2.10. The van der Waals surface area contributed by atoms with Crippen molar-refractivity contribution >= 4 is 23.0 Å². The van der Waals surface area contributed by atoms with Gasteiger partial charge in [-0.3, -0.25) is 4.79 Å². The fraction of sp³-hybridized carbons (Fsp3) is 0.115. The molecule has 0 radical (unpaired) electrons. The van der Waals surface area contributed by atoms with Crippen LogP contribution in [0, 0.1) is 11.3 Å². The molecule has 0 saturated heterocycles. The molecule has 2 N–H and O–H groups in total. The Morgan fingerprint density at radius 3 is 2.59 bits per heavy atom. The van der Waals surface area contributed by atoms with Gasteiger partial charge in [0.15, 0.2) is 0 Å². The minimum atomic E-state index is -0.482. The summed E-state index contributed by atoms with van der Waals surface area (Å²) in [5, 5.41) is 23.7. The molecule has 8 nitrogen and oxygen atoms in total. The number of methoxy groups -OCH3 is 2. The number of nitrogens with zero attached hydrogens (tertiary/aromatic N) is 3. The van der Waals surface area contributed by atoms with E-state index in [1.807, 2.05) is 54.7 Å². The first-order chi connectivity index (χ1) is 16.5. The number of carbonyl (C=O) groups is 1. The molecule has 0 spiro atoms. The molecule has 1 heterocycles. The highest BCUT2D eigenvalue weighted by Crippen LogP contribution is 2.25. The van der Waals surface area contributed by atoms with E-state index in [1.165, 1.54) is 18.2 Å².